The smallest absolute Gasteiger partial charge is 0.430 e. The van der Waals surface area contributed by atoms with Crippen LogP contribution in [-0.4, -0.2) is 19.6 Å². The average molecular weight is 401 g/mol. The van der Waals surface area contributed by atoms with Crippen molar-refractivity contribution in [2.75, 3.05) is 0 Å². The molecule has 2 nitrogen and oxygen atoms in total. The summed E-state index contributed by atoms with van der Waals surface area (Å²) in [5.74, 6) is 0.912. The van der Waals surface area contributed by atoms with Gasteiger partial charge in [-0.3, -0.25) is 0 Å². The SMILES string of the molecule is C[Si]1(C)c2cccc3c2-n2c4c(cccc4c4cccc1c42)B3Oc1ccccc1. The van der Waals surface area contributed by atoms with Crippen molar-refractivity contribution in [2.45, 2.75) is 13.1 Å². The molecule has 5 aromatic rings. The molecule has 0 saturated heterocycles. The van der Waals surface area contributed by atoms with E-state index in [9.17, 15) is 0 Å². The maximum absolute atomic E-state index is 6.67. The van der Waals surface area contributed by atoms with Crippen LogP contribution in [0.1, 0.15) is 0 Å². The van der Waals surface area contributed by atoms with Crippen LogP contribution in [0.2, 0.25) is 13.1 Å². The molecule has 30 heavy (non-hydrogen) atoms. The molecule has 0 amide bonds. The number of hydrogen-bond donors (Lipinski definition) is 0. The summed E-state index contributed by atoms with van der Waals surface area (Å²) in [6.07, 6.45) is 0. The van der Waals surface area contributed by atoms with Crippen molar-refractivity contribution in [1.82, 2.24) is 4.57 Å². The van der Waals surface area contributed by atoms with Gasteiger partial charge < -0.3 is 9.22 Å². The number of para-hydroxylation sites is 4. The van der Waals surface area contributed by atoms with E-state index < -0.39 is 8.07 Å². The molecule has 4 heteroatoms. The summed E-state index contributed by atoms with van der Waals surface area (Å²) >= 11 is 0. The van der Waals surface area contributed by atoms with Gasteiger partial charge in [-0.25, -0.2) is 0 Å². The molecular weight excluding hydrogens is 381 g/mol. The molecule has 2 aliphatic rings. The van der Waals surface area contributed by atoms with E-state index in [2.05, 4.69) is 84.4 Å². The highest BCUT2D eigenvalue weighted by atomic mass is 28.3. The Kier molecular flexibility index (Phi) is 3.01. The van der Waals surface area contributed by atoms with Crippen LogP contribution in [-0.2, 0) is 0 Å². The first kappa shape index (κ1) is 16.5. The normalized spacial score (nSPS) is 15.2. The minimum Gasteiger partial charge on any atom is -0.551 e. The van der Waals surface area contributed by atoms with Crippen molar-refractivity contribution < 1.29 is 4.65 Å². The minimum atomic E-state index is -1.83. The number of hydrogen-bond acceptors (Lipinski definition) is 1. The summed E-state index contributed by atoms with van der Waals surface area (Å²) in [7, 11) is -1.83. The Morgan fingerprint density at radius 1 is 0.667 bits per heavy atom. The van der Waals surface area contributed by atoms with E-state index in [4.69, 9.17) is 4.65 Å². The lowest BCUT2D eigenvalue weighted by atomic mass is 9.53. The lowest BCUT2D eigenvalue weighted by Crippen LogP contribution is -2.62. The van der Waals surface area contributed by atoms with Crippen LogP contribution >= 0.6 is 0 Å². The molecule has 0 unspecified atom stereocenters. The van der Waals surface area contributed by atoms with Crippen molar-refractivity contribution in [2.24, 2.45) is 0 Å². The summed E-state index contributed by atoms with van der Waals surface area (Å²) in [6.45, 7) is 4.87. The Morgan fingerprint density at radius 3 is 2.17 bits per heavy atom. The molecular formula is C26H20BNOSi. The molecule has 0 fully saturated rings. The predicted molar refractivity (Wildman–Crippen MR) is 130 cm³/mol. The number of benzene rings is 4. The van der Waals surface area contributed by atoms with Gasteiger partial charge in [0, 0.05) is 16.5 Å². The lowest BCUT2D eigenvalue weighted by molar-refractivity contribution is 0.591. The second-order valence-electron chi connectivity index (χ2n) is 8.96. The largest absolute Gasteiger partial charge is 0.551 e. The van der Waals surface area contributed by atoms with Gasteiger partial charge in [-0.2, -0.15) is 0 Å². The van der Waals surface area contributed by atoms with Crippen LogP contribution < -0.4 is 26.0 Å². The molecule has 0 radical (unpaired) electrons. The Labute approximate surface area is 176 Å². The topological polar surface area (TPSA) is 14.2 Å². The van der Waals surface area contributed by atoms with Crippen molar-refractivity contribution in [3.05, 3.63) is 84.9 Å². The Morgan fingerprint density at radius 2 is 1.33 bits per heavy atom. The van der Waals surface area contributed by atoms with E-state index in [-0.39, 0.29) is 6.92 Å². The van der Waals surface area contributed by atoms with Crippen LogP contribution in [0, 0.1) is 0 Å². The van der Waals surface area contributed by atoms with Crippen molar-refractivity contribution in [1.29, 1.82) is 0 Å². The lowest BCUT2D eigenvalue weighted by Gasteiger charge is -2.37. The Hall–Kier alpha value is -3.24. The van der Waals surface area contributed by atoms with Crippen molar-refractivity contribution >= 4 is 58.1 Å². The molecule has 4 aromatic carbocycles. The Bertz CT molecular complexity index is 1500. The molecule has 0 aliphatic carbocycles. The quantitative estimate of drug-likeness (QED) is 0.414. The molecule has 1 aromatic heterocycles. The van der Waals surface area contributed by atoms with E-state index in [0.717, 1.165) is 5.75 Å². The highest BCUT2D eigenvalue weighted by Gasteiger charge is 2.43. The second-order valence-corrected chi connectivity index (χ2v) is 13.3. The standard InChI is InChI=1S/C26H20BNOSi/c1-30(2)22-15-7-12-19-18-11-6-13-20-24(18)28(25(19)22)26-21(14-8-16-23(26)30)27(20)29-17-9-4-3-5-10-17/h3-16H,1-2H3. The molecule has 0 saturated carbocycles. The fourth-order valence-corrected chi connectivity index (χ4v) is 8.69. The summed E-state index contributed by atoms with van der Waals surface area (Å²) < 4.78 is 9.22. The molecule has 0 bridgehead atoms. The molecule has 0 atom stereocenters. The third kappa shape index (κ3) is 1.86. The van der Waals surface area contributed by atoms with Crippen LogP contribution in [0.15, 0.2) is 84.9 Å². The fourth-order valence-electron chi connectivity index (χ4n) is 5.68. The molecule has 7 rings (SSSR count). The summed E-state index contributed by atoms with van der Waals surface area (Å²) in [4.78, 5) is 0. The first-order valence-corrected chi connectivity index (χ1v) is 13.6. The maximum atomic E-state index is 6.67. The van der Waals surface area contributed by atoms with E-state index in [1.54, 1.807) is 0 Å². The molecule has 0 spiro atoms. The second kappa shape index (κ2) is 5.47. The monoisotopic (exact) mass is 401 g/mol. The zero-order chi connectivity index (χ0) is 20.0. The molecule has 142 valence electrons. The highest BCUT2D eigenvalue weighted by molar-refractivity contribution is 7.03. The van der Waals surface area contributed by atoms with Crippen LogP contribution in [0.5, 0.6) is 5.75 Å². The van der Waals surface area contributed by atoms with Crippen molar-refractivity contribution in [3.63, 3.8) is 0 Å². The minimum absolute atomic E-state index is 0.103. The Balaban J connectivity index is 1.68. The van der Waals surface area contributed by atoms with Gasteiger partial charge in [0.25, 0.3) is 0 Å². The number of rotatable bonds is 2. The number of nitrogens with zero attached hydrogens (tertiary/aromatic N) is 1. The first-order valence-electron chi connectivity index (χ1n) is 10.6. The molecule has 0 N–H and O–H groups in total. The van der Waals surface area contributed by atoms with Gasteiger partial charge >= 0.3 is 6.92 Å². The molecule has 3 heterocycles. The number of fused-ring (bicyclic) bond motifs is 1. The van der Waals surface area contributed by atoms with Gasteiger partial charge in [-0.05, 0) is 33.4 Å². The van der Waals surface area contributed by atoms with E-state index >= 15 is 0 Å². The van der Waals surface area contributed by atoms with Gasteiger partial charge in [0.2, 0.25) is 0 Å². The van der Waals surface area contributed by atoms with Gasteiger partial charge in [0.05, 0.1) is 16.8 Å². The van der Waals surface area contributed by atoms with E-state index in [1.165, 1.54) is 48.8 Å². The third-order valence-corrected chi connectivity index (χ3v) is 10.5. The zero-order valence-electron chi connectivity index (χ0n) is 17.0. The predicted octanol–water partition coefficient (Wildman–Crippen LogP) is 3.42. The fraction of sp³-hybridized carbons (Fsp3) is 0.0769. The zero-order valence-corrected chi connectivity index (χ0v) is 18.0. The summed E-state index contributed by atoms with van der Waals surface area (Å²) in [6, 6.07) is 30.7. The first-order chi connectivity index (χ1) is 14.7. The highest BCUT2D eigenvalue weighted by Crippen LogP contribution is 2.35. The van der Waals surface area contributed by atoms with Gasteiger partial charge in [0.15, 0.2) is 0 Å². The van der Waals surface area contributed by atoms with E-state index in [0.29, 0.717) is 0 Å². The maximum Gasteiger partial charge on any atom is 0.430 e. The third-order valence-electron chi connectivity index (χ3n) is 7.04. The molecule has 2 aliphatic heterocycles. The van der Waals surface area contributed by atoms with Gasteiger partial charge in [0.1, 0.15) is 8.07 Å². The van der Waals surface area contributed by atoms with Gasteiger partial charge in [-0.1, -0.05) is 85.9 Å². The van der Waals surface area contributed by atoms with Crippen LogP contribution in [0.4, 0.5) is 0 Å². The van der Waals surface area contributed by atoms with E-state index in [1.807, 2.05) is 18.2 Å². The number of aromatic nitrogens is 1. The van der Waals surface area contributed by atoms with Crippen LogP contribution in [0.25, 0.3) is 27.5 Å². The average Bonchev–Trinajstić information content (AvgIpc) is 3.12. The summed E-state index contributed by atoms with van der Waals surface area (Å²) in [5.41, 5.74) is 6.63. The van der Waals surface area contributed by atoms with Gasteiger partial charge in [-0.15, -0.1) is 0 Å². The summed E-state index contributed by atoms with van der Waals surface area (Å²) in [5, 5.41) is 5.74. The van der Waals surface area contributed by atoms with Crippen molar-refractivity contribution in [3.8, 4) is 11.4 Å². The van der Waals surface area contributed by atoms with Crippen LogP contribution in [0.3, 0.4) is 0 Å².